The Kier molecular flexibility index (Phi) is 25.9. The molecule has 0 saturated carbocycles. The first-order chi connectivity index (χ1) is 40.9. The van der Waals surface area contributed by atoms with Crippen molar-refractivity contribution < 1.29 is 113 Å². The molecule has 0 aromatic heterocycles. The minimum absolute atomic E-state index is 0.00580. The normalized spacial score (nSPS) is 23.3. The first-order valence-electron chi connectivity index (χ1n) is 27.3. The van der Waals surface area contributed by atoms with E-state index in [0.29, 0.717) is 48.2 Å². The number of nitrogens with one attached hydrogen (secondary N) is 3. The van der Waals surface area contributed by atoms with E-state index < -0.39 is 141 Å². The van der Waals surface area contributed by atoms with E-state index in [4.69, 9.17) is 21.9 Å². The molecule has 9 atom stereocenters. The van der Waals surface area contributed by atoms with E-state index in [-0.39, 0.29) is 68.5 Å². The molecule has 1 saturated heterocycles. The summed E-state index contributed by atoms with van der Waals surface area (Å²) in [7, 11) is -32.9. The summed E-state index contributed by atoms with van der Waals surface area (Å²) in [4.78, 5) is 59.8. The Bertz CT molecular complexity index is 3840. The molecule has 0 bridgehead atoms. The second-order valence-corrected chi connectivity index (χ2v) is 40.0. The Labute approximate surface area is 520 Å². The first kappa shape index (κ1) is 75.7. The van der Waals surface area contributed by atoms with Crippen LogP contribution >= 0.6 is 38.2 Å². The molecule has 39 heteroatoms. The average Bonchev–Trinajstić information content (AvgIpc) is 1.72. The van der Waals surface area contributed by atoms with Crippen molar-refractivity contribution in [1.82, 2.24) is 20.6 Å². The third-order valence-electron chi connectivity index (χ3n) is 14.8. The fourth-order valence-electron chi connectivity index (χ4n) is 10.8. The van der Waals surface area contributed by atoms with Gasteiger partial charge in [-0.05, 0) is 85.7 Å². The van der Waals surface area contributed by atoms with Gasteiger partial charge in [-0.2, -0.15) is 29.8 Å². The molecule has 498 valence electrons. The third kappa shape index (κ3) is 22.4. The van der Waals surface area contributed by atoms with Crippen LogP contribution in [0.1, 0.15) is 90.2 Å². The van der Waals surface area contributed by atoms with Crippen LogP contribution in [0.3, 0.4) is 0 Å². The summed E-state index contributed by atoms with van der Waals surface area (Å²) < 4.78 is 191. The van der Waals surface area contributed by atoms with Crippen LogP contribution in [0.15, 0.2) is 95.5 Å². The number of hydrogen-bond donors (Lipinski definition) is 10. The van der Waals surface area contributed by atoms with E-state index in [1.807, 2.05) is 60.6 Å². The van der Waals surface area contributed by atoms with Gasteiger partial charge in [-0.3, -0.25) is 41.5 Å². The fourth-order valence-corrected chi connectivity index (χ4v) is 26.4. The van der Waals surface area contributed by atoms with E-state index >= 15 is 0 Å². The third-order valence-corrected chi connectivity index (χ3v) is 30.6. The van der Waals surface area contributed by atoms with Crippen LogP contribution in [0.4, 0.5) is 11.4 Å². The number of hydrogen-bond acceptors (Lipinski definition) is 20. The van der Waals surface area contributed by atoms with Crippen LogP contribution in [0.25, 0.3) is 0 Å². The van der Waals surface area contributed by atoms with Gasteiger partial charge >= 0.3 is 10.6 Å². The average molecular weight is 1430 g/mol. The van der Waals surface area contributed by atoms with Crippen molar-refractivity contribution in [3.8, 4) is 0 Å². The molecule has 2 aromatic rings. The lowest BCUT2D eigenvalue weighted by molar-refractivity contribution is -0.437. The number of amides is 2. The molecule has 0 aliphatic carbocycles. The highest BCUT2D eigenvalue weighted by Crippen LogP contribution is 2.71. The number of fused-ring (bicyclic) bond motifs is 2. The summed E-state index contributed by atoms with van der Waals surface area (Å²) in [6, 6.07) is 11.7. The van der Waals surface area contributed by atoms with Crippen molar-refractivity contribution >= 4 is 108 Å². The van der Waals surface area contributed by atoms with Crippen molar-refractivity contribution in [3.05, 3.63) is 102 Å². The number of para-hydroxylation sites is 1. The maximum atomic E-state index is 13.3. The van der Waals surface area contributed by atoms with Crippen molar-refractivity contribution in [2.24, 2.45) is 0 Å². The van der Waals surface area contributed by atoms with Crippen LogP contribution in [-0.2, 0) is 88.9 Å². The number of aliphatic hydroxyl groups is 1. The topological polar surface area (TPSA) is 462 Å². The van der Waals surface area contributed by atoms with E-state index in [1.165, 1.54) is 29.3 Å². The molecule has 6 unspecified atom stereocenters. The van der Waals surface area contributed by atoms with Crippen LogP contribution in [0.5, 0.6) is 0 Å². The molecule has 4 aliphatic rings. The molecular formula is C50H76N6O24P5S4+. The number of unbranched alkanes of at least 4 members (excludes halogenated alkanes) is 2. The summed E-state index contributed by atoms with van der Waals surface area (Å²) in [6.07, 6.45) is 6.19. The van der Waals surface area contributed by atoms with Gasteiger partial charge in [-0.15, -0.1) is 12.6 Å². The molecule has 4 heterocycles. The maximum Gasteiger partial charge on any atom is 0.425 e. The molecule has 89 heavy (non-hydrogen) atoms. The Hall–Kier alpha value is -3.97. The lowest BCUT2D eigenvalue weighted by Gasteiger charge is -2.32. The second-order valence-electron chi connectivity index (χ2n) is 22.4. The van der Waals surface area contributed by atoms with Gasteiger partial charge in [0.05, 0.1) is 34.5 Å². The molecule has 0 radical (unpaired) electrons. The zero-order valence-electron chi connectivity index (χ0n) is 48.9. The highest BCUT2D eigenvalue weighted by Gasteiger charge is 2.47. The SMILES string of the molecule is C=C1NC(=O)C(C)=CN1[C@H]1C[C@@H](O)[C@@H](COP(=O)(P)CP(=O)(O)CP(=O)(O)CP(=O)(O)NCCNC(=O)CCCCCC2(C)/C(=C\C=C\C3=[N+](CCCS(=O)(=O)O)c4ccc(S(=O)(=O)O)cc4C3(C)C)N(CCCS(=O)(=O)O)c3ccccc32)O1.O=S(=O)=O. The lowest BCUT2D eigenvalue weighted by atomic mass is 9.77. The Morgan fingerprint density at radius 2 is 1.53 bits per heavy atom. The van der Waals surface area contributed by atoms with Crippen molar-refractivity contribution in [2.45, 2.75) is 113 Å². The van der Waals surface area contributed by atoms with E-state index in [1.54, 1.807) is 28.0 Å². The minimum atomic E-state index is -4.85. The fraction of sp³-hybridized carbons (Fsp3) is 0.540. The van der Waals surface area contributed by atoms with Gasteiger partial charge in [0.25, 0.3) is 43.8 Å². The summed E-state index contributed by atoms with van der Waals surface area (Å²) >= 11 is 0. The summed E-state index contributed by atoms with van der Waals surface area (Å²) in [5.74, 6) is -5.43. The zero-order chi connectivity index (χ0) is 66.9. The lowest BCUT2D eigenvalue weighted by Crippen LogP contribution is -2.42. The zero-order valence-corrected chi connectivity index (χ0v) is 56.9. The smallest absolute Gasteiger partial charge is 0.390 e. The van der Waals surface area contributed by atoms with Crippen molar-refractivity contribution in [3.63, 3.8) is 0 Å². The van der Waals surface area contributed by atoms with E-state index in [2.05, 4.69) is 22.3 Å². The second kappa shape index (κ2) is 30.4. The quantitative estimate of drug-likeness (QED) is 0.0212. The predicted octanol–water partition coefficient (Wildman–Crippen LogP) is 4.70. The van der Waals surface area contributed by atoms with Crippen LogP contribution in [0, 0.1) is 0 Å². The molecule has 10 N–H and O–H groups in total. The van der Waals surface area contributed by atoms with Crippen molar-refractivity contribution in [2.75, 3.05) is 66.9 Å². The highest BCUT2D eigenvalue weighted by molar-refractivity contribution is 8.17. The van der Waals surface area contributed by atoms with Gasteiger partial charge in [0.1, 0.15) is 42.4 Å². The van der Waals surface area contributed by atoms with Gasteiger partial charge in [0.15, 0.2) is 5.71 Å². The number of ether oxygens (including phenoxy) is 1. The summed E-state index contributed by atoms with van der Waals surface area (Å²) in [5.41, 5.74) is 2.96. The molecular weight excluding hydrogens is 1350 g/mol. The van der Waals surface area contributed by atoms with Gasteiger partial charge < -0.3 is 49.5 Å². The largest absolute Gasteiger partial charge is 0.425 e. The van der Waals surface area contributed by atoms with E-state index in [0.717, 1.165) is 16.9 Å². The number of carbonyl (C=O) groups excluding carboxylic acids is 2. The summed E-state index contributed by atoms with van der Waals surface area (Å²) in [5, 5.41) is 18.0. The Balaban J connectivity index is 0.00000349. The Morgan fingerprint density at radius 3 is 2.17 bits per heavy atom. The van der Waals surface area contributed by atoms with Gasteiger partial charge in [-0.25, -0.2) is 5.09 Å². The number of anilines is 1. The van der Waals surface area contributed by atoms with E-state index in [9.17, 15) is 86.5 Å². The van der Waals surface area contributed by atoms with Crippen LogP contribution < -0.4 is 20.6 Å². The summed E-state index contributed by atoms with van der Waals surface area (Å²) in [6.45, 7) is 10.3. The number of allylic oxidation sites excluding steroid dienone is 4. The number of rotatable bonds is 31. The monoisotopic (exact) mass is 1430 g/mol. The predicted molar refractivity (Wildman–Crippen MR) is 333 cm³/mol. The van der Waals surface area contributed by atoms with Crippen molar-refractivity contribution in [1.29, 1.82) is 0 Å². The molecule has 30 nitrogen and oxygen atoms in total. The van der Waals surface area contributed by atoms with Crippen LogP contribution in [-0.4, -0.2) is 179 Å². The van der Waals surface area contributed by atoms with Gasteiger partial charge in [-0.1, -0.05) is 43.7 Å². The van der Waals surface area contributed by atoms with Crippen LogP contribution in [0.2, 0.25) is 0 Å². The maximum absolute atomic E-state index is 13.3. The number of aliphatic hydroxyl groups excluding tert-OH is 1. The van der Waals surface area contributed by atoms with Gasteiger partial charge in [0, 0.05) is 85.2 Å². The minimum Gasteiger partial charge on any atom is -0.390 e. The molecule has 1 fully saturated rings. The highest BCUT2D eigenvalue weighted by atomic mass is 32.2. The number of benzene rings is 2. The van der Waals surface area contributed by atoms with Gasteiger partial charge in [0.2, 0.25) is 33.4 Å². The molecule has 4 aliphatic heterocycles. The standard InChI is InChI=1S/C50H75N6O21P5S3.O3S/c1-35-30-56(36(2)53-48(35)59)47-29-42(57)43(77-47)31-76-82(66,78)34-80(62,63)32-79(60,61)33-81(64,65)52-23-22-51-46(58)18-7-6-10-21-50(5)38-14-8-9-15-40(38)55(25-13-27-84(70,71)72)45(50)17-11-16-44-49(3,4)39-28-37(85(73,74)75)19-20-41(39)54(44)24-12-26-83(67,68)69;1-4(2)3/h8-9,11,14-17,19-20,28,30,42-43,47,57H,2,6-7,10,12-13,18,21-27,29,31-34,78H2,1,3-5H3,(H8-,51,52,53,58,59,60,61,62,63,64,65,67,68,69,70,71,72,73,74,75);/p+1/t42-,43-,47-,50?,82?;/m1./s1. The number of carbonyl (C=O) groups is 2. The first-order valence-corrected chi connectivity index (χ1v) is 42.3. The molecule has 6 rings (SSSR count). The number of nitrogens with zero attached hydrogens (tertiary/aromatic N) is 3. The molecule has 2 amide bonds. The Morgan fingerprint density at radius 1 is 0.899 bits per heavy atom. The molecule has 2 aromatic carbocycles. The molecule has 0 spiro atoms.